The Morgan fingerprint density at radius 2 is 1.62 bits per heavy atom. The van der Waals surface area contributed by atoms with Crippen LogP contribution >= 0.6 is 0 Å². The second-order valence-electron chi connectivity index (χ2n) is 6.70. The van der Waals surface area contributed by atoms with E-state index in [1.54, 1.807) is 0 Å². The maximum Gasteiger partial charge on any atom is 0.00683 e. The van der Waals surface area contributed by atoms with Gasteiger partial charge in [0.1, 0.15) is 0 Å². The Bertz CT molecular complexity index is 226. The molecule has 0 amide bonds. The van der Waals surface area contributed by atoms with Crippen LogP contribution in [0, 0.1) is 23.7 Å². The molecule has 92 valence electrons. The third-order valence-electron chi connectivity index (χ3n) is 5.39. The van der Waals surface area contributed by atoms with E-state index in [2.05, 4.69) is 12.2 Å². The molecule has 3 fully saturated rings. The van der Waals surface area contributed by atoms with Crippen molar-refractivity contribution in [3.63, 3.8) is 0 Å². The third kappa shape index (κ3) is 2.45. The monoisotopic (exact) mass is 221 g/mol. The van der Waals surface area contributed by atoms with Gasteiger partial charge in [-0.3, -0.25) is 0 Å². The van der Waals surface area contributed by atoms with Crippen molar-refractivity contribution in [3.8, 4) is 0 Å². The predicted molar refractivity (Wildman–Crippen MR) is 68.4 cm³/mol. The molecule has 0 spiro atoms. The average Bonchev–Trinajstić information content (AvgIpc) is 3.04. The van der Waals surface area contributed by atoms with Gasteiger partial charge in [-0.2, -0.15) is 0 Å². The van der Waals surface area contributed by atoms with Gasteiger partial charge < -0.3 is 5.32 Å². The Balaban J connectivity index is 1.43. The minimum Gasteiger partial charge on any atom is -0.314 e. The molecular weight excluding hydrogens is 194 g/mol. The quantitative estimate of drug-likeness (QED) is 0.765. The van der Waals surface area contributed by atoms with E-state index < -0.39 is 0 Å². The lowest BCUT2D eigenvalue weighted by molar-refractivity contribution is 0.0693. The van der Waals surface area contributed by atoms with Crippen LogP contribution in [0.5, 0.6) is 0 Å². The van der Waals surface area contributed by atoms with Gasteiger partial charge in [0, 0.05) is 6.04 Å². The van der Waals surface area contributed by atoms with Crippen molar-refractivity contribution >= 4 is 0 Å². The zero-order valence-electron chi connectivity index (χ0n) is 10.8. The standard InChI is InChI=1S/C15H27N/c1-11-2-4-12(5-3-11)15-9-6-13(15)10-16-14-7-8-14/h11-16H,2-10H2,1H3. The van der Waals surface area contributed by atoms with Gasteiger partial charge in [0.2, 0.25) is 0 Å². The molecule has 3 rings (SSSR count). The Labute approximate surface area is 100 Å². The van der Waals surface area contributed by atoms with Crippen LogP contribution in [-0.4, -0.2) is 12.6 Å². The lowest BCUT2D eigenvalue weighted by Crippen LogP contribution is -2.40. The van der Waals surface area contributed by atoms with Gasteiger partial charge in [-0.15, -0.1) is 0 Å². The first-order chi connectivity index (χ1) is 7.83. The van der Waals surface area contributed by atoms with Gasteiger partial charge >= 0.3 is 0 Å². The van der Waals surface area contributed by atoms with Crippen molar-refractivity contribution in [1.82, 2.24) is 5.32 Å². The normalized spacial score (nSPS) is 44.1. The smallest absolute Gasteiger partial charge is 0.00683 e. The van der Waals surface area contributed by atoms with E-state index in [0.29, 0.717) is 0 Å². The molecule has 3 aliphatic rings. The Morgan fingerprint density at radius 3 is 2.19 bits per heavy atom. The minimum atomic E-state index is 0.910. The fourth-order valence-corrected chi connectivity index (χ4v) is 3.79. The molecule has 1 nitrogen and oxygen atoms in total. The van der Waals surface area contributed by atoms with Crippen LogP contribution in [0.4, 0.5) is 0 Å². The van der Waals surface area contributed by atoms with Crippen LogP contribution in [0.15, 0.2) is 0 Å². The SMILES string of the molecule is CC1CCC(C2CCC2CNC2CC2)CC1. The first kappa shape index (κ1) is 11.1. The maximum absolute atomic E-state index is 3.74. The second kappa shape index (κ2) is 4.68. The van der Waals surface area contributed by atoms with E-state index in [9.17, 15) is 0 Å². The fourth-order valence-electron chi connectivity index (χ4n) is 3.79. The molecule has 16 heavy (non-hydrogen) atoms. The van der Waals surface area contributed by atoms with Crippen LogP contribution in [0.3, 0.4) is 0 Å². The van der Waals surface area contributed by atoms with Gasteiger partial charge in [-0.1, -0.05) is 19.8 Å². The summed E-state index contributed by atoms with van der Waals surface area (Å²) in [4.78, 5) is 0. The lowest BCUT2D eigenvalue weighted by atomic mass is 9.62. The number of hydrogen-bond acceptors (Lipinski definition) is 1. The number of rotatable bonds is 4. The Kier molecular flexibility index (Phi) is 3.24. The maximum atomic E-state index is 3.74. The van der Waals surface area contributed by atoms with Crippen molar-refractivity contribution in [2.24, 2.45) is 23.7 Å². The highest BCUT2D eigenvalue weighted by atomic mass is 14.9. The molecule has 0 saturated heterocycles. The molecular formula is C15H27N. The van der Waals surface area contributed by atoms with Gasteiger partial charge in [0.25, 0.3) is 0 Å². The van der Waals surface area contributed by atoms with E-state index in [4.69, 9.17) is 0 Å². The molecule has 1 N–H and O–H groups in total. The zero-order valence-corrected chi connectivity index (χ0v) is 10.8. The predicted octanol–water partition coefficient (Wildman–Crippen LogP) is 3.59. The van der Waals surface area contributed by atoms with E-state index in [0.717, 1.165) is 29.7 Å². The van der Waals surface area contributed by atoms with Crippen molar-refractivity contribution in [1.29, 1.82) is 0 Å². The first-order valence-corrected chi connectivity index (χ1v) is 7.56. The summed E-state index contributed by atoms with van der Waals surface area (Å²) in [6, 6.07) is 0.910. The molecule has 3 saturated carbocycles. The molecule has 0 aromatic carbocycles. The van der Waals surface area contributed by atoms with Gasteiger partial charge in [-0.05, 0) is 68.7 Å². The molecule has 0 heterocycles. The molecule has 2 unspecified atom stereocenters. The van der Waals surface area contributed by atoms with Crippen LogP contribution in [0.1, 0.15) is 58.3 Å². The van der Waals surface area contributed by atoms with Crippen LogP contribution in [0.2, 0.25) is 0 Å². The summed E-state index contributed by atoms with van der Waals surface area (Å²) in [6.45, 7) is 3.77. The van der Waals surface area contributed by atoms with Crippen molar-refractivity contribution in [2.75, 3.05) is 6.54 Å². The highest BCUT2D eigenvalue weighted by Gasteiger charge is 2.38. The molecule has 2 atom stereocenters. The summed E-state index contributed by atoms with van der Waals surface area (Å²) in [5.41, 5.74) is 0. The molecule has 0 aromatic rings. The molecule has 1 heteroatoms. The van der Waals surface area contributed by atoms with Crippen LogP contribution in [0.25, 0.3) is 0 Å². The van der Waals surface area contributed by atoms with E-state index in [1.165, 1.54) is 57.9 Å². The number of nitrogens with one attached hydrogen (secondary N) is 1. The lowest BCUT2D eigenvalue weighted by Gasteiger charge is -2.44. The van der Waals surface area contributed by atoms with Gasteiger partial charge in [-0.25, -0.2) is 0 Å². The molecule has 0 bridgehead atoms. The van der Waals surface area contributed by atoms with Crippen molar-refractivity contribution < 1.29 is 0 Å². The summed E-state index contributed by atoms with van der Waals surface area (Å²) in [5.74, 6) is 4.24. The second-order valence-corrected chi connectivity index (χ2v) is 6.70. The summed E-state index contributed by atoms with van der Waals surface area (Å²) in [5, 5.41) is 3.74. The average molecular weight is 221 g/mol. The molecule has 0 aliphatic heterocycles. The third-order valence-corrected chi connectivity index (χ3v) is 5.39. The topological polar surface area (TPSA) is 12.0 Å². The van der Waals surface area contributed by atoms with E-state index in [-0.39, 0.29) is 0 Å². The summed E-state index contributed by atoms with van der Waals surface area (Å²) in [7, 11) is 0. The summed E-state index contributed by atoms with van der Waals surface area (Å²) < 4.78 is 0. The van der Waals surface area contributed by atoms with Gasteiger partial charge in [0.05, 0.1) is 0 Å². The summed E-state index contributed by atoms with van der Waals surface area (Å²) >= 11 is 0. The van der Waals surface area contributed by atoms with Crippen molar-refractivity contribution in [3.05, 3.63) is 0 Å². The van der Waals surface area contributed by atoms with Gasteiger partial charge in [0.15, 0.2) is 0 Å². The fraction of sp³-hybridized carbons (Fsp3) is 1.00. The largest absolute Gasteiger partial charge is 0.314 e. The summed E-state index contributed by atoms with van der Waals surface area (Å²) in [6.07, 6.45) is 12.0. The minimum absolute atomic E-state index is 0.910. The molecule has 3 aliphatic carbocycles. The van der Waals surface area contributed by atoms with E-state index >= 15 is 0 Å². The zero-order chi connectivity index (χ0) is 11.0. The Hall–Kier alpha value is -0.0400. The highest BCUT2D eigenvalue weighted by molar-refractivity contribution is 4.91. The van der Waals surface area contributed by atoms with Crippen LogP contribution < -0.4 is 5.32 Å². The van der Waals surface area contributed by atoms with Crippen LogP contribution in [-0.2, 0) is 0 Å². The number of hydrogen-bond donors (Lipinski definition) is 1. The Morgan fingerprint density at radius 1 is 0.875 bits per heavy atom. The first-order valence-electron chi connectivity index (χ1n) is 7.56. The molecule has 0 radical (unpaired) electrons. The van der Waals surface area contributed by atoms with Crippen molar-refractivity contribution in [2.45, 2.75) is 64.3 Å². The van der Waals surface area contributed by atoms with E-state index in [1.807, 2.05) is 0 Å². The highest BCUT2D eigenvalue weighted by Crippen LogP contribution is 2.46. The molecule has 0 aromatic heterocycles.